The third-order valence-electron chi connectivity index (χ3n) is 3.17. The second-order valence-electron chi connectivity index (χ2n) is 4.54. The summed E-state index contributed by atoms with van der Waals surface area (Å²) in [6.07, 6.45) is 1.52. The van der Waals surface area contributed by atoms with Crippen molar-refractivity contribution in [3.8, 4) is 0 Å². The Labute approximate surface area is 125 Å². The largest absolute Gasteiger partial charge is 0.465 e. The number of ether oxygens (including phenoxy) is 1. The van der Waals surface area contributed by atoms with Gasteiger partial charge in [0.15, 0.2) is 0 Å². The molecule has 1 atom stereocenters. The van der Waals surface area contributed by atoms with E-state index in [4.69, 9.17) is 4.74 Å². The van der Waals surface area contributed by atoms with E-state index in [1.165, 1.54) is 17.7 Å². The molecule has 0 fully saturated rings. The summed E-state index contributed by atoms with van der Waals surface area (Å²) >= 11 is 1.35. The molecule has 1 unspecified atom stereocenters. The molecule has 2 aromatic heterocycles. The Hall–Kier alpha value is -2.28. The Balaban J connectivity index is 2.10. The van der Waals surface area contributed by atoms with Gasteiger partial charge in [-0.25, -0.2) is 0 Å². The van der Waals surface area contributed by atoms with Crippen LogP contribution in [0, 0.1) is 6.92 Å². The Morgan fingerprint density at radius 3 is 2.95 bits per heavy atom. The highest BCUT2D eigenvalue weighted by Gasteiger charge is 2.29. The number of hydrogen-bond acceptors (Lipinski definition) is 6. The number of fused-ring (bicyclic) bond motifs is 1. The van der Waals surface area contributed by atoms with Crippen LogP contribution in [-0.2, 0) is 9.53 Å². The molecule has 6 nitrogen and oxygen atoms in total. The lowest BCUT2D eigenvalue weighted by molar-refractivity contribution is -0.143. The van der Waals surface area contributed by atoms with Crippen molar-refractivity contribution in [2.75, 3.05) is 6.61 Å². The summed E-state index contributed by atoms with van der Waals surface area (Å²) in [5.41, 5.74) is 1.93. The lowest BCUT2D eigenvalue weighted by Gasteiger charge is -2.15. The maximum atomic E-state index is 12.4. The molecule has 0 radical (unpaired) electrons. The van der Waals surface area contributed by atoms with Crippen LogP contribution in [0.2, 0.25) is 0 Å². The zero-order valence-electron chi connectivity index (χ0n) is 11.7. The van der Waals surface area contributed by atoms with Crippen LogP contribution in [0.4, 0.5) is 0 Å². The van der Waals surface area contributed by atoms with Crippen LogP contribution < -0.4 is 0 Å². The van der Waals surface area contributed by atoms with Crippen molar-refractivity contribution in [3.05, 3.63) is 46.7 Å². The standard InChI is InChI=1S/C14H14N4O2S/c1-3-20-13(19)11(10-7-5-4-6-9(10)2)12-17-18-8-15-16-14(18)21-12/h4-8,11H,3H2,1-2H3. The fraction of sp³-hybridized carbons (Fsp3) is 0.286. The first kappa shape index (κ1) is 13.7. The smallest absolute Gasteiger partial charge is 0.320 e. The predicted molar refractivity (Wildman–Crippen MR) is 78.3 cm³/mol. The number of esters is 1. The lowest BCUT2D eigenvalue weighted by atomic mass is 9.95. The van der Waals surface area contributed by atoms with Crippen LogP contribution in [-0.4, -0.2) is 32.4 Å². The van der Waals surface area contributed by atoms with E-state index in [0.717, 1.165) is 11.1 Å². The third kappa shape index (κ3) is 2.52. The van der Waals surface area contributed by atoms with Crippen LogP contribution in [0.1, 0.15) is 29.0 Å². The van der Waals surface area contributed by atoms with Crippen LogP contribution >= 0.6 is 11.3 Å². The fourth-order valence-electron chi connectivity index (χ4n) is 2.19. The first-order chi connectivity index (χ1) is 10.2. The number of rotatable bonds is 4. The van der Waals surface area contributed by atoms with Gasteiger partial charge in [0.25, 0.3) is 0 Å². The van der Waals surface area contributed by atoms with Gasteiger partial charge < -0.3 is 4.74 Å². The van der Waals surface area contributed by atoms with Crippen molar-refractivity contribution in [3.63, 3.8) is 0 Å². The van der Waals surface area contributed by atoms with E-state index in [0.29, 0.717) is 16.6 Å². The Bertz CT molecular complexity index is 751. The molecular formula is C14H14N4O2S. The molecule has 3 aromatic rings. The minimum absolute atomic E-state index is 0.295. The number of nitrogens with zero attached hydrogens (tertiary/aromatic N) is 4. The second-order valence-corrected chi connectivity index (χ2v) is 5.53. The number of carbonyl (C=O) groups is 1. The number of benzene rings is 1. The molecular weight excluding hydrogens is 288 g/mol. The van der Waals surface area contributed by atoms with Crippen molar-refractivity contribution in [1.29, 1.82) is 0 Å². The van der Waals surface area contributed by atoms with Crippen LogP contribution in [0.5, 0.6) is 0 Å². The second kappa shape index (κ2) is 5.61. The molecule has 0 aliphatic heterocycles. The fourth-order valence-corrected chi connectivity index (χ4v) is 3.12. The molecule has 7 heteroatoms. The van der Waals surface area contributed by atoms with Crippen molar-refractivity contribution < 1.29 is 9.53 Å². The normalized spacial score (nSPS) is 12.5. The summed E-state index contributed by atoms with van der Waals surface area (Å²) in [6, 6.07) is 7.76. The van der Waals surface area contributed by atoms with E-state index in [1.54, 1.807) is 11.4 Å². The molecule has 0 N–H and O–H groups in total. The van der Waals surface area contributed by atoms with Crippen molar-refractivity contribution in [2.45, 2.75) is 19.8 Å². The zero-order chi connectivity index (χ0) is 14.8. The quantitative estimate of drug-likeness (QED) is 0.691. The van der Waals surface area contributed by atoms with Crippen molar-refractivity contribution in [2.24, 2.45) is 0 Å². The topological polar surface area (TPSA) is 69.4 Å². The SMILES string of the molecule is CCOC(=O)C(c1nn2cnnc2s1)c1ccccc1C. The minimum Gasteiger partial charge on any atom is -0.465 e. The summed E-state index contributed by atoms with van der Waals surface area (Å²) in [6.45, 7) is 4.11. The molecule has 0 bridgehead atoms. The highest BCUT2D eigenvalue weighted by Crippen LogP contribution is 2.31. The summed E-state index contributed by atoms with van der Waals surface area (Å²) in [4.78, 5) is 13.1. The first-order valence-corrected chi connectivity index (χ1v) is 7.41. The maximum absolute atomic E-state index is 12.4. The first-order valence-electron chi connectivity index (χ1n) is 6.59. The highest BCUT2D eigenvalue weighted by atomic mass is 32.1. The molecule has 1 aromatic carbocycles. The Kier molecular flexibility index (Phi) is 3.66. The summed E-state index contributed by atoms with van der Waals surface area (Å²) in [5.74, 6) is -0.824. The highest BCUT2D eigenvalue weighted by molar-refractivity contribution is 7.16. The molecule has 21 heavy (non-hydrogen) atoms. The van der Waals surface area contributed by atoms with Gasteiger partial charge in [-0.15, -0.1) is 10.2 Å². The van der Waals surface area contributed by atoms with E-state index in [2.05, 4.69) is 15.3 Å². The van der Waals surface area contributed by atoms with Gasteiger partial charge in [0.2, 0.25) is 4.96 Å². The molecule has 0 spiro atoms. The Morgan fingerprint density at radius 2 is 2.24 bits per heavy atom. The number of aryl methyl sites for hydroxylation is 1. The molecule has 3 rings (SSSR count). The van der Waals surface area contributed by atoms with Gasteiger partial charge >= 0.3 is 5.97 Å². The molecule has 0 aliphatic carbocycles. The predicted octanol–water partition coefficient (Wildman–Crippen LogP) is 2.19. The van der Waals surface area contributed by atoms with Gasteiger partial charge in [0.1, 0.15) is 17.3 Å². The molecule has 0 amide bonds. The zero-order valence-corrected chi connectivity index (χ0v) is 12.5. The van der Waals surface area contributed by atoms with Crippen LogP contribution in [0.15, 0.2) is 30.6 Å². The summed E-state index contributed by atoms with van der Waals surface area (Å²) in [7, 11) is 0. The lowest BCUT2D eigenvalue weighted by Crippen LogP contribution is -2.18. The molecule has 108 valence electrons. The summed E-state index contributed by atoms with van der Waals surface area (Å²) < 4.78 is 6.80. The number of carbonyl (C=O) groups excluding carboxylic acids is 1. The minimum atomic E-state index is -0.530. The van der Waals surface area contributed by atoms with Gasteiger partial charge in [0, 0.05) is 0 Å². The van der Waals surface area contributed by atoms with Gasteiger partial charge in [-0.05, 0) is 25.0 Å². The number of hydrogen-bond donors (Lipinski definition) is 0. The van der Waals surface area contributed by atoms with Crippen LogP contribution in [0.25, 0.3) is 4.96 Å². The number of aromatic nitrogens is 4. The van der Waals surface area contributed by atoms with Gasteiger partial charge in [-0.2, -0.15) is 9.61 Å². The Morgan fingerprint density at radius 1 is 1.43 bits per heavy atom. The van der Waals surface area contributed by atoms with Crippen molar-refractivity contribution in [1.82, 2.24) is 19.8 Å². The van der Waals surface area contributed by atoms with Gasteiger partial charge in [-0.3, -0.25) is 4.79 Å². The van der Waals surface area contributed by atoms with E-state index in [9.17, 15) is 4.79 Å². The van der Waals surface area contributed by atoms with Gasteiger partial charge in [0.05, 0.1) is 6.61 Å². The molecule has 2 heterocycles. The monoisotopic (exact) mass is 302 g/mol. The molecule has 0 saturated heterocycles. The van der Waals surface area contributed by atoms with E-state index >= 15 is 0 Å². The van der Waals surface area contributed by atoms with E-state index in [1.807, 2.05) is 31.2 Å². The molecule has 0 aliphatic rings. The average Bonchev–Trinajstić information content (AvgIpc) is 3.03. The molecule has 0 saturated carbocycles. The average molecular weight is 302 g/mol. The van der Waals surface area contributed by atoms with Crippen molar-refractivity contribution >= 4 is 22.3 Å². The van der Waals surface area contributed by atoms with Gasteiger partial charge in [-0.1, -0.05) is 35.6 Å². The van der Waals surface area contributed by atoms with E-state index in [-0.39, 0.29) is 5.97 Å². The third-order valence-corrected chi connectivity index (χ3v) is 4.15. The maximum Gasteiger partial charge on any atom is 0.320 e. The van der Waals surface area contributed by atoms with Crippen LogP contribution in [0.3, 0.4) is 0 Å². The summed E-state index contributed by atoms with van der Waals surface area (Å²) in [5, 5.41) is 12.8. The van der Waals surface area contributed by atoms with E-state index < -0.39 is 5.92 Å².